The van der Waals surface area contributed by atoms with Crippen molar-refractivity contribution in [3.63, 3.8) is 0 Å². The van der Waals surface area contributed by atoms with E-state index in [-0.39, 0.29) is 25.6 Å². The fourth-order valence-electron chi connectivity index (χ4n) is 0.904. The summed E-state index contributed by atoms with van der Waals surface area (Å²) >= 11 is 0. The molecule has 44 valence electrons. The Bertz CT molecular complexity index is 41.3. The molecular weight excluding hydrogens is 177 g/mol. The fourth-order valence-corrected chi connectivity index (χ4v) is 0.904. The third-order valence-electron chi connectivity index (χ3n) is 1.32. The van der Waals surface area contributed by atoms with Gasteiger partial charge in [0.25, 0.3) is 0 Å². The Morgan fingerprint density at radius 1 is 1.14 bits per heavy atom. The third-order valence-corrected chi connectivity index (χ3v) is 1.32. The van der Waals surface area contributed by atoms with Gasteiger partial charge in [-0.2, -0.15) is 0 Å². The normalized spacial score (nSPS) is 21.9. The largest absolute Gasteiger partial charge is 0.393 e. The van der Waals surface area contributed by atoms with Gasteiger partial charge in [0.2, 0.25) is 0 Å². The molecule has 0 aromatic rings. The zero-order chi connectivity index (χ0) is 4.41. The van der Waals surface area contributed by atoms with E-state index in [4.69, 9.17) is 5.11 Å². The number of aliphatic hydroxyl groups is 1. The monoisotopic (exact) mass is 188 g/mol. The second-order valence-corrected chi connectivity index (χ2v) is 1.94. The summed E-state index contributed by atoms with van der Waals surface area (Å²) in [6, 6.07) is 0. The van der Waals surface area contributed by atoms with Crippen molar-refractivity contribution in [3.8, 4) is 0 Å². The summed E-state index contributed by atoms with van der Waals surface area (Å²) in [5, 5.41) is 8.73. The summed E-state index contributed by atoms with van der Waals surface area (Å²) in [5.74, 6) is 0. The van der Waals surface area contributed by atoms with E-state index < -0.39 is 0 Å². The minimum atomic E-state index is 0. The first kappa shape index (κ1) is 7.58. The van der Waals surface area contributed by atoms with E-state index >= 15 is 0 Å². The van der Waals surface area contributed by atoms with Gasteiger partial charge in [-0.05, 0) is 12.8 Å². The molecule has 1 aliphatic rings. The summed E-state index contributed by atoms with van der Waals surface area (Å²) in [7, 11) is 0. The molecule has 0 saturated heterocycles. The van der Waals surface area contributed by atoms with E-state index in [0.717, 1.165) is 12.8 Å². The van der Waals surface area contributed by atoms with Crippen LogP contribution in [0.3, 0.4) is 0 Å². The Labute approximate surface area is 56.9 Å². The molecule has 0 aromatic heterocycles. The minimum Gasteiger partial charge on any atom is -0.393 e. The minimum absolute atomic E-state index is 0. The van der Waals surface area contributed by atoms with Crippen molar-refractivity contribution in [1.82, 2.24) is 0 Å². The van der Waals surface area contributed by atoms with E-state index in [0.29, 0.717) is 0 Å². The SMILES string of the molecule is OC1CCCC1.[Ru]. The topological polar surface area (TPSA) is 20.2 Å². The smallest absolute Gasteiger partial charge is 0.0540 e. The summed E-state index contributed by atoms with van der Waals surface area (Å²) in [6.07, 6.45) is 4.60. The molecule has 7 heavy (non-hydrogen) atoms. The number of rotatable bonds is 0. The summed E-state index contributed by atoms with van der Waals surface area (Å²) < 4.78 is 0. The molecule has 1 aliphatic carbocycles. The van der Waals surface area contributed by atoms with Gasteiger partial charge in [-0.1, -0.05) is 12.8 Å². The van der Waals surface area contributed by atoms with E-state index in [1.165, 1.54) is 12.8 Å². The Morgan fingerprint density at radius 2 is 1.57 bits per heavy atom. The molecule has 2 heteroatoms. The molecule has 0 amide bonds. The van der Waals surface area contributed by atoms with E-state index in [1.807, 2.05) is 0 Å². The molecule has 0 spiro atoms. The third kappa shape index (κ3) is 2.40. The molecule has 1 fully saturated rings. The van der Waals surface area contributed by atoms with Crippen molar-refractivity contribution in [2.24, 2.45) is 0 Å². The van der Waals surface area contributed by atoms with Crippen molar-refractivity contribution in [3.05, 3.63) is 0 Å². The molecule has 0 unspecified atom stereocenters. The Morgan fingerprint density at radius 3 is 1.71 bits per heavy atom. The van der Waals surface area contributed by atoms with Gasteiger partial charge in [0, 0.05) is 19.5 Å². The van der Waals surface area contributed by atoms with Crippen LogP contribution in [-0.4, -0.2) is 11.2 Å². The van der Waals surface area contributed by atoms with Crippen LogP contribution >= 0.6 is 0 Å². The van der Waals surface area contributed by atoms with Gasteiger partial charge >= 0.3 is 0 Å². The van der Waals surface area contributed by atoms with Crippen molar-refractivity contribution in [1.29, 1.82) is 0 Å². The van der Waals surface area contributed by atoms with Crippen LogP contribution in [-0.2, 0) is 19.5 Å². The molecule has 1 saturated carbocycles. The van der Waals surface area contributed by atoms with Gasteiger partial charge in [-0.25, -0.2) is 0 Å². The molecule has 1 nitrogen and oxygen atoms in total. The second kappa shape index (κ2) is 3.57. The van der Waals surface area contributed by atoms with Crippen molar-refractivity contribution >= 4 is 0 Å². The average Bonchev–Trinajstić information content (AvgIpc) is 1.86. The standard InChI is InChI=1S/C5H10O.Ru/c6-5-3-1-2-4-5;/h5-6H,1-4H2;. The first-order valence-electron chi connectivity index (χ1n) is 2.57. The zero-order valence-electron chi connectivity index (χ0n) is 4.21. The average molecular weight is 187 g/mol. The van der Waals surface area contributed by atoms with Crippen LogP contribution in [0.1, 0.15) is 25.7 Å². The van der Waals surface area contributed by atoms with Gasteiger partial charge in [-0.3, -0.25) is 0 Å². The number of aliphatic hydroxyl groups excluding tert-OH is 1. The maximum absolute atomic E-state index is 8.73. The van der Waals surface area contributed by atoms with E-state index in [9.17, 15) is 0 Å². The van der Waals surface area contributed by atoms with Gasteiger partial charge < -0.3 is 5.11 Å². The zero-order valence-corrected chi connectivity index (χ0v) is 5.94. The molecule has 0 aromatic carbocycles. The molecule has 0 atom stereocenters. The second-order valence-electron chi connectivity index (χ2n) is 1.94. The van der Waals surface area contributed by atoms with Crippen LogP contribution in [0.25, 0.3) is 0 Å². The van der Waals surface area contributed by atoms with Crippen LogP contribution in [0.15, 0.2) is 0 Å². The van der Waals surface area contributed by atoms with Crippen molar-refractivity contribution < 1.29 is 24.6 Å². The molecule has 1 rings (SSSR count). The van der Waals surface area contributed by atoms with Crippen molar-refractivity contribution in [2.45, 2.75) is 31.8 Å². The maximum atomic E-state index is 8.73. The predicted octanol–water partition coefficient (Wildman–Crippen LogP) is 0.919. The molecule has 0 aliphatic heterocycles. The number of hydrogen-bond donors (Lipinski definition) is 1. The van der Waals surface area contributed by atoms with Crippen LogP contribution in [0, 0.1) is 0 Å². The van der Waals surface area contributed by atoms with Crippen LogP contribution in [0.2, 0.25) is 0 Å². The first-order chi connectivity index (χ1) is 2.89. The van der Waals surface area contributed by atoms with E-state index in [1.54, 1.807) is 0 Å². The summed E-state index contributed by atoms with van der Waals surface area (Å²) in [5.41, 5.74) is 0. The summed E-state index contributed by atoms with van der Waals surface area (Å²) in [6.45, 7) is 0. The maximum Gasteiger partial charge on any atom is 0.0540 e. The Hall–Kier alpha value is 0.583. The molecule has 1 N–H and O–H groups in total. The van der Waals surface area contributed by atoms with Crippen LogP contribution in [0.5, 0.6) is 0 Å². The van der Waals surface area contributed by atoms with Crippen molar-refractivity contribution in [2.75, 3.05) is 0 Å². The molecule has 0 radical (unpaired) electrons. The van der Waals surface area contributed by atoms with Gasteiger partial charge in [0.15, 0.2) is 0 Å². The predicted molar refractivity (Wildman–Crippen MR) is 24.5 cm³/mol. The molecule has 0 bridgehead atoms. The molecule has 0 heterocycles. The fraction of sp³-hybridized carbons (Fsp3) is 1.00. The van der Waals surface area contributed by atoms with E-state index in [2.05, 4.69) is 0 Å². The van der Waals surface area contributed by atoms with Crippen LogP contribution < -0.4 is 0 Å². The Kier molecular flexibility index (Phi) is 3.87. The van der Waals surface area contributed by atoms with Gasteiger partial charge in [0.1, 0.15) is 0 Å². The van der Waals surface area contributed by atoms with Crippen LogP contribution in [0.4, 0.5) is 0 Å². The quantitative estimate of drug-likeness (QED) is 0.559. The first-order valence-corrected chi connectivity index (χ1v) is 2.57. The van der Waals surface area contributed by atoms with Gasteiger partial charge in [-0.15, -0.1) is 0 Å². The number of hydrogen-bond acceptors (Lipinski definition) is 1. The van der Waals surface area contributed by atoms with Gasteiger partial charge in [0.05, 0.1) is 6.10 Å². The summed E-state index contributed by atoms with van der Waals surface area (Å²) in [4.78, 5) is 0. The Balaban J connectivity index is 0.000000360. The molecular formula is C5H10ORu.